The van der Waals surface area contributed by atoms with Gasteiger partial charge in [-0.2, -0.15) is 0 Å². The number of benzene rings is 3. The standard InChI is InChI=1S/C28H27FN2O2/c1-19-8-6-7-11-23(19)26(21-9-4-3-5-10-21)30-14-16-31(17-15-30)28(32)27-20(2)24-18-22(29)12-13-25(24)33-27/h3-13,18,26H,14-17H2,1-2H3. The molecule has 3 aromatic carbocycles. The second kappa shape index (κ2) is 8.83. The second-order valence-electron chi connectivity index (χ2n) is 8.69. The summed E-state index contributed by atoms with van der Waals surface area (Å²) in [5.74, 6) is -0.152. The summed E-state index contributed by atoms with van der Waals surface area (Å²) in [5.41, 5.74) is 5.04. The minimum Gasteiger partial charge on any atom is -0.451 e. The Hall–Kier alpha value is -3.44. The molecule has 1 aliphatic rings. The predicted octanol–water partition coefficient (Wildman–Crippen LogP) is 5.74. The highest BCUT2D eigenvalue weighted by Gasteiger charge is 2.31. The molecule has 1 atom stereocenters. The van der Waals surface area contributed by atoms with Crippen molar-refractivity contribution in [3.05, 3.63) is 107 Å². The van der Waals surface area contributed by atoms with Crippen molar-refractivity contribution < 1.29 is 13.6 Å². The van der Waals surface area contributed by atoms with Crippen molar-refractivity contribution in [3.63, 3.8) is 0 Å². The van der Waals surface area contributed by atoms with Crippen LogP contribution >= 0.6 is 0 Å². The first-order valence-corrected chi connectivity index (χ1v) is 11.4. The molecule has 0 N–H and O–H groups in total. The SMILES string of the molecule is Cc1ccccc1C(c1ccccc1)N1CCN(C(=O)c2oc3ccc(F)cc3c2C)CC1. The fourth-order valence-electron chi connectivity index (χ4n) is 4.84. The van der Waals surface area contributed by atoms with Crippen LogP contribution in [-0.4, -0.2) is 41.9 Å². The third-order valence-electron chi connectivity index (χ3n) is 6.66. The van der Waals surface area contributed by atoms with E-state index in [9.17, 15) is 9.18 Å². The number of carbonyl (C=O) groups is 1. The zero-order valence-corrected chi connectivity index (χ0v) is 18.9. The van der Waals surface area contributed by atoms with Crippen LogP contribution in [-0.2, 0) is 0 Å². The van der Waals surface area contributed by atoms with Gasteiger partial charge in [-0.15, -0.1) is 0 Å². The van der Waals surface area contributed by atoms with Crippen LogP contribution in [0.5, 0.6) is 0 Å². The highest BCUT2D eigenvalue weighted by atomic mass is 19.1. The van der Waals surface area contributed by atoms with Gasteiger partial charge in [-0.1, -0.05) is 54.6 Å². The number of furan rings is 1. The van der Waals surface area contributed by atoms with Gasteiger partial charge in [-0.3, -0.25) is 9.69 Å². The highest BCUT2D eigenvalue weighted by molar-refractivity contribution is 5.99. The molecule has 0 radical (unpaired) electrons. The number of nitrogens with zero attached hydrogens (tertiary/aromatic N) is 2. The summed E-state index contributed by atoms with van der Waals surface area (Å²) in [6.07, 6.45) is 0. The van der Waals surface area contributed by atoms with Gasteiger partial charge >= 0.3 is 0 Å². The predicted molar refractivity (Wildman–Crippen MR) is 128 cm³/mol. The van der Waals surface area contributed by atoms with Crippen LogP contribution < -0.4 is 0 Å². The van der Waals surface area contributed by atoms with Gasteiger partial charge in [0, 0.05) is 37.1 Å². The first-order valence-electron chi connectivity index (χ1n) is 11.4. The first-order chi connectivity index (χ1) is 16.0. The lowest BCUT2D eigenvalue weighted by molar-refractivity contribution is 0.0568. The Morgan fingerprint density at radius 2 is 1.61 bits per heavy atom. The lowest BCUT2D eigenvalue weighted by Crippen LogP contribution is -2.50. The van der Waals surface area contributed by atoms with E-state index in [0.29, 0.717) is 35.4 Å². The third kappa shape index (κ3) is 4.05. The highest BCUT2D eigenvalue weighted by Crippen LogP contribution is 2.32. The van der Waals surface area contributed by atoms with Gasteiger partial charge in [0.15, 0.2) is 5.76 Å². The monoisotopic (exact) mass is 442 g/mol. The number of rotatable bonds is 4. The maximum Gasteiger partial charge on any atom is 0.289 e. The number of carbonyl (C=O) groups excluding carboxylic acids is 1. The Kier molecular flexibility index (Phi) is 5.73. The first kappa shape index (κ1) is 21.4. The molecule has 1 fully saturated rings. The minimum atomic E-state index is -0.331. The summed E-state index contributed by atoms with van der Waals surface area (Å²) in [7, 11) is 0. The van der Waals surface area contributed by atoms with Gasteiger partial charge < -0.3 is 9.32 Å². The van der Waals surface area contributed by atoms with Crippen molar-refractivity contribution >= 4 is 16.9 Å². The van der Waals surface area contributed by atoms with Crippen LogP contribution in [0, 0.1) is 19.7 Å². The number of hydrogen-bond acceptors (Lipinski definition) is 3. The van der Waals surface area contributed by atoms with E-state index in [2.05, 4.69) is 60.4 Å². The van der Waals surface area contributed by atoms with Crippen molar-refractivity contribution in [1.82, 2.24) is 9.80 Å². The van der Waals surface area contributed by atoms with Crippen molar-refractivity contribution in [3.8, 4) is 0 Å². The number of amides is 1. The Labute approximate surface area is 193 Å². The molecule has 1 unspecified atom stereocenters. The Bertz CT molecular complexity index is 1290. The quantitative estimate of drug-likeness (QED) is 0.405. The van der Waals surface area contributed by atoms with E-state index in [4.69, 9.17) is 4.42 Å². The van der Waals surface area contributed by atoms with Crippen molar-refractivity contribution in [2.24, 2.45) is 0 Å². The van der Waals surface area contributed by atoms with Crippen LogP contribution in [0.25, 0.3) is 11.0 Å². The molecule has 4 nitrogen and oxygen atoms in total. The molecule has 2 heterocycles. The summed E-state index contributed by atoms with van der Waals surface area (Å²) >= 11 is 0. The fraction of sp³-hybridized carbons (Fsp3) is 0.250. The molecular formula is C28H27FN2O2. The minimum absolute atomic E-state index is 0.129. The zero-order chi connectivity index (χ0) is 22.9. The topological polar surface area (TPSA) is 36.7 Å². The van der Waals surface area contributed by atoms with Crippen LogP contribution in [0.15, 0.2) is 77.2 Å². The molecule has 0 saturated carbocycles. The molecule has 4 aromatic rings. The molecular weight excluding hydrogens is 415 g/mol. The van der Waals surface area contributed by atoms with E-state index in [1.54, 1.807) is 6.07 Å². The fourth-order valence-corrected chi connectivity index (χ4v) is 4.84. The van der Waals surface area contributed by atoms with E-state index in [1.807, 2.05) is 17.9 Å². The Morgan fingerprint density at radius 1 is 0.909 bits per heavy atom. The van der Waals surface area contributed by atoms with E-state index in [1.165, 1.54) is 28.8 Å². The lowest BCUT2D eigenvalue weighted by atomic mass is 9.93. The molecule has 1 aromatic heterocycles. The van der Waals surface area contributed by atoms with Crippen molar-refractivity contribution in [1.29, 1.82) is 0 Å². The average Bonchev–Trinajstić information content (AvgIpc) is 3.17. The maximum absolute atomic E-state index is 13.7. The number of aryl methyl sites for hydroxylation is 2. The summed E-state index contributed by atoms with van der Waals surface area (Å²) < 4.78 is 19.5. The van der Waals surface area contributed by atoms with Crippen LogP contribution in [0.2, 0.25) is 0 Å². The number of halogens is 1. The number of hydrogen-bond donors (Lipinski definition) is 0. The molecule has 1 saturated heterocycles. The second-order valence-corrected chi connectivity index (χ2v) is 8.69. The average molecular weight is 443 g/mol. The van der Waals surface area contributed by atoms with Crippen molar-refractivity contribution in [2.75, 3.05) is 26.2 Å². The van der Waals surface area contributed by atoms with Gasteiger partial charge in [0.1, 0.15) is 11.4 Å². The van der Waals surface area contributed by atoms with Crippen LogP contribution in [0.1, 0.15) is 38.9 Å². The molecule has 33 heavy (non-hydrogen) atoms. The zero-order valence-electron chi connectivity index (χ0n) is 18.9. The lowest BCUT2D eigenvalue weighted by Gasteiger charge is -2.40. The van der Waals surface area contributed by atoms with Gasteiger partial charge in [-0.25, -0.2) is 4.39 Å². The van der Waals surface area contributed by atoms with Crippen LogP contribution in [0.4, 0.5) is 4.39 Å². The normalized spacial score (nSPS) is 15.7. The molecule has 0 bridgehead atoms. The van der Waals surface area contributed by atoms with Crippen LogP contribution in [0.3, 0.4) is 0 Å². The summed E-state index contributed by atoms with van der Waals surface area (Å²) in [4.78, 5) is 17.6. The maximum atomic E-state index is 13.7. The summed E-state index contributed by atoms with van der Waals surface area (Å²) in [5, 5.41) is 0.653. The Balaban J connectivity index is 1.38. The van der Waals surface area contributed by atoms with E-state index in [-0.39, 0.29) is 17.8 Å². The molecule has 5 heteroatoms. The van der Waals surface area contributed by atoms with Gasteiger partial charge in [0.25, 0.3) is 5.91 Å². The van der Waals surface area contributed by atoms with Gasteiger partial charge in [0.2, 0.25) is 0 Å². The number of piperazine rings is 1. The molecule has 1 aliphatic heterocycles. The Morgan fingerprint density at radius 3 is 2.33 bits per heavy atom. The molecule has 5 rings (SSSR count). The smallest absolute Gasteiger partial charge is 0.289 e. The summed E-state index contributed by atoms with van der Waals surface area (Å²) in [6.45, 7) is 6.70. The van der Waals surface area contributed by atoms with E-state index >= 15 is 0 Å². The molecule has 168 valence electrons. The molecule has 0 aliphatic carbocycles. The van der Waals surface area contributed by atoms with Gasteiger partial charge in [-0.05, 0) is 48.7 Å². The third-order valence-corrected chi connectivity index (χ3v) is 6.66. The summed E-state index contributed by atoms with van der Waals surface area (Å²) in [6, 6.07) is 23.5. The van der Waals surface area contributed by atoms with Gasteiger partial charge in [0.05, 0.1) is 6.04 Å². The molecule has 1 amide bonds. The van der Waals surface area contributed by atoms with E-state index in [0.717, 1.165) is 13.1 Å². The largest absolute Gasteiger partial charge is 0.451 e. The van der Waals surface area contributed by atoms with E-state index < -0.39 is 0 Å². The number of fused-ring (bicyclic) bond motifs is 1. The molecule has 0 spiro atoms. The van der Waals surface area contributed by atoms with Crippen molar-refractivity contribution in [2.45, 2.75) is 19.9 Å².